The summed E-state index contributed by atoms with van der Waals surface area (Å²) in [6, 6.07) is 3.86. The van der Waals surface area contributed by atoms with Gasteiger partial charge in [-0.2, -0.15) is 0 Å². The molecular formula is C16H20O2S. The molecule has 3 heteroatoms. The molecule has 2 aliphatic carbocycles. The molecule has 1 aromatic carbocycles. The first kappa shape index (κ1) is 13.0. The zero-order valence-electron chi connectivity index (χ0n) is 11.3. The number of carboxylic acid groups (broad SMARTS) is 1. The minimum atomic E-state index is -0.800. The smallest absolute Gasteiger partial charge is 0.335 e. The number of hydrogen-bond acceptors (Lipinski definition) is 2. The van der Waals surface area contributed by atoms with Crippen LogP contribution in [0.2, 0.25) is 0 Å². The van der Waals surface area contributed by atoms with Crippen LogP contribution >= 0.6 is 11.8 Å². The molecule has 2 saturated carbocycles. The van der Waals surface area contributed by atoms with Crippen LogP contribution in [0.1, 0.15) is 59.5 Å². The Labute approximate surface area is 118 Å². The lowest BCUT2D eigenvalue weighted by atomic mass is 9.79. The summed E-state index contributed by atoms with van der Waals surface area (Å²) in [4.78, 5) is 12.5. The van der Waals surface area contributed by atoms with Gasteiger partial charge in [-0.1, -0.05) is 12.5 Å². The number of aromatic carboxylic acids is 1. The van der Waals surface area contributed by atoms with Crippen molar-refractivity contribution in [3.05, 3.63) is 28.8 Å². The van der Waals surface area contributed by atoms with E-state index in [0.717, 1.165) is 17.2 Å². The lowest BCUT2D eigenvalue weighted by Crippen LogP contribution is -2.12. The largest absolute Gasteiger partial charge is 0.478 e. The molecule has 0 heterocycles. The number of carbonyl (C=O) groups is 1. The van der Waals surface area contributed by atoms with Crippen molar-refractivity contribution in [1.82, 2.24) is 0 Å². The average molecular weight is 276 g/mol. The van der Waals surface area contributed by atoms with Crippen LogP contribution in [-0.4, -0.2) is 16.8 Å². The Morgan fingerprint density at radius 1 is 1.32 bits per heavy atom. The molecule has 0 unspecified atom stereocenters. The third-order valence-corrected chi connectivity index (χ3v) is 5.84. The minimum absolute atomic E-state index is 0.473. The van der Waals surface area contributed by atoms with Crippen LogP contribution in [0.25, 0.3) is 0 Å². The lowest BCUT2D eigenvalue weighted by molar-refractivity contribution is 0.0695. The van der Waals surface area contributed by atoms with Crippen LogP contribution in [0.3, 0.4) is 0 Å². The van der Waals surface area contributed by atoms with E-state index in [-0.39, 0.29) is 0 Å². The highest BCUT2D eigenvalue weighted by molar-refractivity contribution is 7.99. The summed E-state index contributed by atoms with van der Waals surface area (Å²) >= 11 is 1.89. The Bertz CT molecular complexity index is 502. The predicted molar refractivity (Wildman–Crippen MR) is 78.2 cm³/mol. The summed E-state index contributed by atoms with van der Waals surface area (Å²) in [5, 5.41) is 9.27. The molecule has 0 bridgehead atoms. The van der Waals surface area contributed by atoms with E-state index in [1.54, 1.807) is 6.07 Å². The molecule has 0 atom stereocenters. The van der Waals surface area contributed by atoms with Crippen molar-refractivity contribution in [1.29, 1.82) is 0 Å². The number of hydrogen-bond donors (Lipinski definition) is 1. The van der Waals surface area contributed by atoms with E-state index in [9.17, 15) is 9.90 Å². The summed E-state index contributed by atoms with van der Waals surface area (Å²) < 4.78 is 0. The van der Waals surface area contributed by atoms with Crippen molar-refractivity contribution in [2.75, 3.05) is 5.75 Å². The first-order chi connectivity index (χ1) is 9.16. The molecule has 102 valence electrons. The molecule has 2 aliphatic rings. The average Bonchev–Trinajstić information content (AvgIpc) is 3.09. The van der Waals surface area contributed by atoms with Crippen LogP contribution in [0.4, 0.5) is 0 Å². The fourth-order valence-electron chi connectivity index (χ4n) is 2.66. The van der Waals surface area contributed by atoms with Crippen LogP contribution < -0.4 is 0 Å². The fraction of sp³-hybridized carbons (Fsp3) is 0.562. The van der Waals surface area contributed by atoms with E-state index in [0.29, 0.717) is 11.5 Å². The van der Waals surface area contributed by atoms with Gasteiger partial charge >= 0.3 is 5.97 Å². The maximum absolute atomic E-state index is 11.3. The lowest BCUT2D eigenvalue weighted by Gasteiger charge is -2.29. The standard InChI is InChI=1S/C16H20O2S/c1-10-13(16(17)18)7-8-14(12-3-2-4-12)15(10)19-9-11-5-6-11/h7-8,11-12H,2-6,9H2,1H3,(H,17,18). The third-order valence-electron chi connectivity index (χ3n) is 4.37. The first-order valence-corrected chi connectivity index (χ1v) is 8.15. The van der Waals surface area contributed by atoms with Gasteiger partial charge in [0.25, 0.3) is 0 Å². The molecule has 1 N–H and O–H groups in total. The number of benzene rings is 1. The van der Waals surface area contributed by atoms with Crippen molar-refractivity contribution in [3.8, 4) is 0 Å². The molecule has 0 radical (unpaired) electrons. The summed E-state index contributed by atoms with van der Waals surface area (Å²) in [7, 11) is 0. The number of rotatable bonds is 5. The molecule has 1 aromatic rings. The second-order valence-electron chi connectivity index (χ2n) is 5.84. The highest BCUT2D eigenvalue weighted by Crippen LogP contribution is 2.44. The molecular weight excluding hydrogens is 256 g/mol. The topological polar surface area (TPSA) is 37.3 Å². The Kier molecular flexibility index (Phi) is 3.57. The van der Waals surface area contributed by atoms with E-state index >= 15 is 0 Å². The molecule has 0 amide bonds. The van der Waals surface area contributed by atoms with Gasteiger partial charge in [0, 0.05) is 10.6 Å². The van der Waals surface area contributed by atoms with Crippen LogP contribution in [0.5, 0.6) is 0 Å². The Balaban J connectivity index is 1.92. The van der Waals surface area contributed by atoms with Crippen molar-refractivity contribution < 1.29 is 9.90 Å². The van der Waals surface area contributed by atoms with Gasteiger partial charge in [-0.25, -0.2) is 4.79 Å². The van der Waals surface area contributed by atoms with E-state index in [1.807, 2.05) is 18.7 Å². The summed E-state index contributed by atoms with van der Waals surface area (Å²) in [5.41, 5.74) is 2.85. The van der Waals surface area contributed by atoms with Crippen molar-refractivity contribution in [3.63, 3.8) is 0 Å². The van der Waals surface area contributed by atoms with Crippen LogP contribution in [-0.2, 0) is 0 Å². The van der Waals surface area contributed by atoms with Gasteiger partial charge in [0.15, 0.2) is 0 Å². The molecule has 0 saturated heterocycles. The van der Waals surface area contributed by atoms with Gasteiger partial charge in [-0.3, -0.25) is 0 Å². The van der Waals surface area contributed by atoms with Crippen molar-refractivity contribution in [2.45, 2.75) is 49.8 Å². The van der Waals surface area contributed by atoms with Gasteiger partial charge in [0.05, 0.1) is 5.56 Å². The highest BCUT2D eigenvalue weighted by Gasteiger charge is 2.27. The van der Waals surface area contributed by atoms with Gasteiger partial charge in [-0.15, -0.1) is 11.8 Å². The molecule has 2 nitrogen and oxygen atoms in total. The first-order valence-electron chi connectivity index (χ1n) is 7.16. The van der Waals surface area contributed by atoms with Gasteiger partial charge in [0.1, 0.15) is 0 Å². The zero-order valence-corrected chi connectivity index (χ0v) is 12.1. The van der Waals surface area contributed by atoms with Gasteiger partial charge in [-0.05, 0) is 61.6 Å². The molecule has 19 heavy (non-hydrogen) atoms. The number of carboxylic acids is 1. The maximum Gasteiger partial charge on any atom is 0.335 e. The second-order valence-corrected chi connectivity index (χ2v) is 6.87. The van der Waals surface area contributed by atoms with Gasteiger partial charge in [0.2, 0.25) is 0 Å². The summed E-state index contributed by atoms with van der Waals surface area (Å²) in [6.45, 7) is 1.97. The quantitative estimate of drug-likeness (QED) is 0.807. The predicted octanol–water partition coefficient (Wildman–Crippen LogP) is 4.46. The Morgan fingerprint density at radius 3 is 2.58 bits per heavy atom. The molecule has 0 spiro atoms. The molecule has 0 aromatic heterocycles. The van der Waals surface area contributed by atoms with E-state index in [4.69, 9.17) is 0 Å². The van der Waals surface area contributed by atoms with Crippen molar-refractivity contribution >= 4 is 17.7 Å². The summed E-state index contributed by atoms with van der Waals surface area (Å²) in [6.07, 6.45) is 6.55. The Morgan fingerprint density at radius 2 is 2.05 bits per heavy atom. The Hall–Kier alpha value is -0.960. The van der Waals surface area contributed by atoms with E-state index in [2.05, 4.69) is 6.07 Å². The third kappa shape index (κ3) is 2.66. The second kappa shape index (κ2) is 5.20. The van der Waals surface area contributed by atoms with Gasteiger partial charge < -0.3 is 5.11 Å². The van der Waals surface area contributed by atoms with Crippen LogP contribution in [0.15, 0.2) is 17.0 Å². The van der Waals surface area contributed by atoms with E-state index in [1.165, 1.54) is 42.6 Å². The zero-order chi connectivity index (χ0) is 13.4. The highest BCUT2D eigenvalue weighted by atomic mass is 32.2. The molecule has 2 fully saturated rings. The molecule has 0 aliphatic heterocycles. The van der Waals surface area contributed by atoms with Crippen molar-refractivity contribution in [2.24, 2.45) is 5.92 Å². The fourth-order valence-corrected chi connectivity index (χ4v) is 4.13. The SMILES string of the molecule is Cc1c(C(=O)O)ccc(C2CCC2)c1SCC1CC1. The molecule has 3 rings (SSSR count). The monoisotopic (exact) mass is 276 g/mol. The minimum Gasteiger partial charge on any atom is -0.478 e. The number of thioether (sulfide) groups is 1. The van der Waals surface area contributed by atoms with E-state index < -0.39 is 5.97 Å². The van der Waals surface area contributed by atoms with Crippen LogP contribution in [0, 0.1) is 12.8 Å². The summed E-state index contributed by atoms with van der Waals surface area (Å²) in [5.74, 6) is 1.89. The maximum atomic E-state index is 11.3. The normalized spacial score (nSPS) is 19.2.